The van der Waals surface area contributed by atoms with Gasteiger partial charge in [0, 0.05) is 43.9 Å². The zero-order chi connectivity index (χ0) is 25.8. The number of ether oxygens (including phenoxy) is 1. The summed E-state index contributed by atoms with van der Waals surface area (Å²) in [6, 6.07) is 19.2. The molecule has 2 aromatic carbocycles. The van der Waals surface area contributed by atoms with Gasteiger partial charge in [0.2, 0.25) is 5.91 Å². The van der Waals surface area contributed by atoms with Crippen LogP contribution < -0.4 is 9.64 Å². The van der Waals surface area contributed by atoms with Crippen molar-refractivity contribution in [3.8, 4) is 17.0 Å². The van der Waals surface area contributed by atoms with E-state index in [0.29, 0.717) is 44.2 Å². The molecule has 0 radical (unpaired) electrons. The Labute approximate surface area is 217 Å². The number of aryl methyl sites for hydroxylation is 1. The molecule has 0 unspecified atom stereocenters. The van der Waals surface area contributed by atoms with E-state index in [0.717, 1.165) is 41.2 Å². The predicted molar refractivity (Wildman–Crippen MR) is 143 cm³/mol. The molecule has 0 bridgehead atoms. The number of rotatable bonds is 8. The van der Waals surface area contributed by atoms with E-state index in [9.17, 15) is 9.59 Å². The van der Waals surface area contributed by atoms with Gasteiger partial charge in [0.15, 0.2) is 5.82 Å². The molecule has 1 aliphatic heterocycles. The number of carbonyl (C=O) groups is 2. The monoisotopic (exact) mass is 499 g/mol. The fourth-order valence-electron chi connectivity index (χ4n) is 4.59. The predicted octanol–water partition coefficient (Wildman–Crippen LogP) is 3.66. The van der Waals surface area contributed by atoms with E-state index in [-0.39, 0.29) is 18.4 Å². The Morgan fingerprint density at radius 1 is 0.973 bits per heavy atom. The van der Waals surface area contributed by atoms with E-state index in [1.807, 2.05) is 72.5 Å². The van der Waals surface area contributed by atoms with Crippen molar-refractivity contribution in [3.63, 3.8) is 0 Å². The molecule has 1 saturated carbocycles. The molecule has 1 aromatic heterocycles. The topological polar surface area (TPSA) is 78.9 Å². The zero-order valence-corrected chi connectivity index (χ0v) is 21.5. The maximum absolute atomic E-state index is 13.2. The normalized spacial score (nSPS) is 15.4. The Morgan fingerprint density at radius 3 is 2.38 bits per heavy atom. The molecule has 192 valence electrons. The van der Waals surface area contributed by atoms with Crippen molar-refractivity contribution in [3.05, 3.63) is 71.8 Å². The summed E-state index contributed by atoms with van der Waals surface area (Å²) in [7, 11) is 1.64. The van der Waals surface area contributed by atoms with Crippen LogP contribution in [0.1, 0.15) is 28.8 Å². The lowest BCUT2D eigenvalue weighted by molar-refractivity contribution is -0.132. The molecule has 1 saturated heterocycles. The molecule has 3 aromatic rings. The number of hydrogen-bond acceptors (Lipinski definition) is 6. The first-order chi connectivity index (χ1) is 18.0. The molecule has 2 amide bonds. The first-order valence-corrected chi connectivity index (χ1v) is 12.9. The molecule has 2 heterocycles. The van der Waals surface area contributed by atoms with E-state index < -0.39 is 0 Å². The number of benzene rings is 2. The maximum atomic E-state index is 13.2. The summed E-state index contributed by atoms with van der Waals surface area (Å²) in [5.41, 5.74) is 3.48. The molecule has 5 rings (SSSR count). The van der Waals surface area contributed by atoms with Gasteiger partial charge in [0.25, 0.3) is 5.91 Å². The van der Waals surface area contributed by atoms with Gasteiger partial charge in [-0.2, -0.15) is 0 Å². The fourth-order valence-corrected chi connectivity index (χ4v) is 4.59. The van der Waals surface area contributed by atoms with Crippen molar-refractivity contribution in [1.29, 1.82) is 0 Å². The van der Waals surface area contributed by atoms with Crippen LogP contribution in [0.2, 0.25) is 0 Å². The maximum Gasteiger partial charge on any atom is 0.254 e. The molecule has 2 fully saturated rings. The van der Waals surface area contributed by atoms with Crippen LogP contribution in [0.15, 0.2) is 60.7 Å². The third-order valence-electron chi connectivity index (χ3n) is 7.06. The van der Waals surface area contributed by atoms with E-state index in [2.05, 4.69) is 15.1 Å². The van der Waals surface area contributed by atoms with Gasteiger partial charge in [0.1, 0.15) is 12.3 Å². The smallest absolute Gasteiger partial charge is 0.254 e. The van der Waals surface area contributed by atoms with Crippen LogP contribution in [0.4, 0.5) is 5.82 Å². The van der Waals surface area contributed by atoms with Crippen LogP contribution in [0.3, 0.4) is 0 Å². The summed E-state index contributed by atoms with van der Waals surface area (Å²) < 4.78 is 5.30. The summed E-state index contributed by atoms with van der Waals surface area (Å²) in [6.07, 6.45) is 2.25. The minimum Gasteiger partial charge on any atom is -0.497 e. The van der Waals surface area contributed by atoms with Crippen LogP contribution in [0, 0.1) is 12.8 Å². The van der Waals surface area contributed by atoms with Crippen molar-refractivity contribution < 1.29 is 14.3 Å². The van der Waals surface area contributed by atoms with Gasteiger partial charge in [-0.15, -0.1) is 10.2 Å². The molecule has 0 N–H and O–H groups in total. The lowest BCUT2D eigenvalue weighted by Crippen LogP contribution is -2.52. The Morgan fingerprint density at radius 2 is 1.73 bits per heavy atom. The van der Waals surface area contributed by atoms with Gasteiger partial charge in [-0.05, 0) is 62.1 Å². The SMILES string of the molecule is COc1cccc(-c2ccc(N3CCN(C(=O)CN(CC4CC4)C(=O)c4ccc(C)cc4)CC3)nn2)c1. The highest BCUT2D eigenvalue weighted by molar-refractivity contribution is 5.96. The van der Waals surface area contributed by atoms with Crippen molar-refractivity contribution in [2.45, 2.75) is 19.8 Å². The Balaban J connectivity index is 1.18. The third kappa shape index (κ3) is 6.07. The summed E-state index contributed by atoms with van der Waals surface area (Å²) >= 11 is 0. The number of piperazine rings is 1. The molecule has 8 heteroatoms. The van der Waals surface area contributed by atoms with Crippen molar-refractivity contribution in [2.24, 2.45) is 5.92 Å². The van der Waals surface area contributed by atoms with Crippen LogP contribution >= 0.6 is 0 Å². The second kappa shape index (κ2) is 11.0. The largest absolute Gasteiger partial charge is 0.497 e. The molecule has 1 aliphatic carbocycles. The average molecular weight is 500 g/mol. The second-order valence-electron chi connectivity index (χ2n) is 9.87. The van der Waals surface area contributed by atoms with Crippen LogP contribution in [0.25, 0.3) is 11.3 Å². The molecule has 0 spiro atoms. The molecule has 0 atom stereocenters. The highest BCUT2D eigenvalue weighted by Crippen LogP contribution is 2.30. The number of anilines is 1. The lowest BCUT2D eigenvalue weighted by atomic mass is 10.1. The molecule has 8 nitrogen and oxygen atoms in total. The quantitative estimate of drug-likeness (QED) is 0.471. The standard InChI is InChI=1S/C29H33N5O3/c1-21-6-10-23(11-7-21)29(36)34(19-22-8-9-22)20-28(35)33-16-14-32(15-17-33)27-13-12-26(30-31-27)24-4-3-5-25(18-24)37-2/h3-7,10-13,18,22H,8-9,14-17,19-20H2,1-2H3. The summed E-state index contributed by atoms with van der Waals surface area (Å²) in [4.78, 5) is 32.1. The number of nitrogens with zero attached hydrogens (tertiary/aromatic N) is 5. The van der Waals surface area contributed by atoms with Gasteiger partial charge in [-0.3, -0.25) is 9.59 Å². The van der Waals surface area contributed by atoms with Crippen molar-refractivity contribution >= 4 is 17.6 Å². The Kier molecular flexibility index (Phi) is 7.35. The second-order valence-corrected chi connectivity index (χ2v) is 9.87. The van der Waals surface area contributed by atoms with Gasteiger partial charge < -0.3 is 19.4 Å². The number of hydrogen-bond donors (Lipinski definition) is 0. The number of amides is 2. The van der Waals surface area contributed by atoms with Gasteiger partial charge in [0.05, 0.1) is 12.8 Å². The Hall–Kier alpha value is -3.94. The first-order valence-electron chi connectivity index (χ1n) is 12.9. The summed E-state index contributed by atoms with van der Waals surface area (Å²) in [5, 5.41) is 8.84. The van der Waals surface area contributed by atoms with Crippen LogP contribution in [-0.2, 0) is 4.79 Å². The summed E-state index contributed by atoms with van der Waals surface area (Å²) in [6.45, 7) is 5.30. The molecular weight excluding hydrogens is 466 g/mol. The van der Waals surface area contributed by atoms with Crippen molar-refractivity contribution in [2.75, 3.05) is 51.3 Å². The number of methoxy groups -OCH3 is 1. The van der Waals surface area contributed by atoms with Crippen LogP contribution in [-0.4, -0.2) is 78.2 Å². The van der Waals surface area contributed by atoms with E-state index in [4.69, 9.17) is 4.74 Å². The highest BCUT2D eigenvalue weighted by Gasteiger charge is 2.30. The van der Waals surface area contributed by atoms with Crippen molar-refractivity contribution in [1.82, 2.24) is 20.0 Å². The average Bonchev–Trinajstić information content (AvgIpc) is 3.77. The summed E-state index contributed by atoms with van der Waals surface area (Å²) in [5.74, 6) is 2.02. The Bertz CT molecular complexity index is 1230. The number of carbonyl (C=O) groups excluding carboxylic acids is 2. The minimum atomic E-state index is -0.0645. The molecule has 37 heavy (non-hydrogen) atoms. The first kappa shape index (κ1) is 24.7. The molecule has 2 aliphatic rings. The zero-order valence-electron chi connectivity index (χ0n) is 21.5. The van der Waals surface area contributed by atoms with E-state index in [1.54, 1.807) is 12.0 Å². The lowest BCUT2D eigenvalue weighted by Gasteiger charge is -2.36. The highest BCUT2D eigenvalue weighted by atomic mass is 16.5. The number of aromatic nitrogens is 2. The minimum absolute atomic E-state index is 0.000202. The van der Waals surface area contributed by atoms with Crippen LogP contribution in [0.5, 0.6) is 5.75 Å². The van der Waals surface area contributed by atoms with E-state index in [1.165, 1.54) is 0 Å². The van der Waals surface area contributed by atoms with E-state index >= 15 is 0 Å². The van der Waals surface area contributed by atoms with Gasteiger partial charge in [-0.25, -0.2) is 0 Å². The van der Waals surface area contributed by atoms with Gasteiger partial charge in [-0.1, -0.05) is 29.8 Å². The fraction of sp³-hybridized carbons (Fsp3) is 0.379. The van der Waals surface area contributed by atoms with Gasteiger partial charge >= 0.3 is 0 Å². The molecular formula is C29H33N5O3. The third-order valence-corrected chi connectivity index (χ3v) is 7.06.